The number of rotatable bonds is 1. The van der Waals surface area contributed by atoms with Gasteiger partial charge < -0.3 is 5.11 Å². The van der Waals surface area contributed by atoms with Gasteiger partial charge in [0.05, 0.1) is 5.60 Å². The fourth-order valence-corrected chi connectivity index (χ4v) is 7.05. The van der Waals surface area contributed by atoms with Crippen LogP contribution in [0.1, 0.15) is 58.3 Å². The van der Waals surface area contributed by atoms with Crippen molar-refractivity contribution in [2.45, 2.75) is 63.9 Å². The zero-order valence-corrected chi connectivity index (χ0v) is 15.5. The van der Waals surface area contributed by atoms with Crippen LogP contribution in [0.2, 0.25) is 0 Å². The third-order valence-electron chi connectivity index (χ3n) is 7.85. The lowest BCUT2D eigenvalue weighted by atomic mass is 9.50. The van der Waals surface area contributed by atoms with E-state index in [4.69, 9.17) is 0 Å². The molecule has 0 unspecified atom stereocenters. The standard InChI is InChI=1S/C20H27BrO2/c1-19-8-6-16-15-5-3-14(22)12-13(15)2-4-17(16)18(19)7-9-20(19,23)10-11-21/h10-12,15-18,23H,2-9H2,1H3/b11-10-/t15-,16+,17+,18-,19-,20+/m0/s1. The Labute approximate surface area is 147 Å². The van der Waals surface area contributed by atoms with Crippen molar-refractivity contribution in [3.8, 4) is 0 Å². The predicted molar refractivity (Wildman–Crippen MR) is 95.1 cm³/mol. The molecule has 3 saturated carbocycles. The van der Waals surface area contributed by atoms with Crippen LogP contribution in [-0.2, 0) is 4.79 Å². The van der Waals surface area contributed by atoms with E-state index in [1.54, 1.807) is 0 Å². The fraction of sp³-hybridized carbons (Fsp3) is 0.750. The van der Waals surface area contributed by atoms with E-state index < -0.39 is 5.60 Å². The second-order valence-corrected chi connectivity index (χ2v) is 9.04. The van der Waals surface area contributed by atoms with Crippen LogP contribution in [0.3, 0.4) is 0 Å². The van der Waals surface area contributed by atoms with Crippen LogP contribution in [0.4, 0.5) is 0 Å². The molecule has 3 heteroatoms. The molecular formula is C20H27BrO2. The SMILES string of the molecule is C[C@]12CC[C@H]3[C@@H](CCC4=CC(=O)CC[C@@H]43)[C@@H]1CC[C@@]2(O)/C=C\Br. The second kappa shape index (κ2) is 5.56. The number of fused-ring (bicyclic) bond motifs is 5. The van der Waals surface area contributed by atoms with Gasteiger partial charge >= 0.3 is 0 Å². The summed E-state index contributed by atoms with van der Waals surface area (Å²) < 4.78 is 0. The number of ketones is 1. The van der Waals surface area contributed by atoms with Gasteiger partial charge in [-0.25, -0.2) is 0 Å². The summed E-state index contributed by atoms with van der Waals surface area (Å²) in [5, 5.41) is 11.2. The molecule has 0 radical (unpaired) electrons. The molecule has 0 aliphatic heterocycles. The predicted octanol–water partition coefficient (Wildman–Crippen LogP) is 4.77. The maximum Gasteiger partial charge on any atom is 0.155 e. The van der Waals surface area contributed by atoms with Crippen molar-refractivity contribution in [3.63, 3.8) is 0 Å². The number of hydrogen-bond acceptors (Lipinski definition) is 2. The van der Waals surface area contributed by atoms with E-state index in [-0.39, 0.29) is 5.41 Å². The monoisotopic (exact) mass is 378 g/mol. The Morgan fingerprint density at radius 3 is 2.78 bits per heavy atom. The van der Waals surface area contributed by atoms with E-state index in [1.165, 1.54) is 18.4 Å². The van der Waals surface area contributed by atoms with Gasteiger partial charge in [-0.3, -0.25) is 4.79 Å². The zero-order valence-electron chi connectivity index (χ0n) is 13.9. The summed E-state index contributed by atoms with van der Waals surface area (Å²) in [4.78, 5) is 13.6. The molecule has 0 aromatic carbocycles. The Kier molecular flexibility index (Phi) is 3.88. The third kappa shape index (κ3) is 2.26. The van der Waals surface area contributed by atoms with Gasteiger partial charge in [-0.1, -0.05) is 28.4 Å². The molecule has 1 N–H and O–H groups in total. The minimum atomic E-state index is -0.648. The summed E-state index contributed by atoms with van der Waals surface area (Å²) >= 11 is 3.38. The molecule has 2 nitrogen and oxygen atoms in total. The molecule has 126 valence electrons. The van der Waals surface area contributed by atoms with E-state index in [2.05, 4.69) is 22.9 Å². The topological polar surface area (TPSA) is 37.3 Å². The highest BCUT2D eigenvalue weighted by Gasteiger charge is 2.61. The molecule has 4 aliphatic carbocycles. The van der Waals surface area contributed by atoms with Crippen molar-refractivity contribution in [3.05, 3.63) is 22.7 Å². The highest BCUT2D eigenvalue weighted by molar-refractivity contribution is 9.11. The lowest BCUT2D eigenvalue weighted by Crippen LogP contribution is -2.51. The minimum Gasteiger partial charge on any atom is -0.385 e. The van der Waals surface area contributed by atoms with Crippen LogP contribution in [0.15, 0.2) is 22.7 Å². The first-order valence-electron chi connectivity index (χ1n) is 9.22. The molecular weight excluding hydrogens is 352 g/mol. The Bertz CT molecular complexity index is 580. The number of carbonyl (C=O) groups excluding carboxylic acids is 1. The Hall–Kier alpha value is -0.410. The summed E-state index contributed by atoms with van der Waals surface area (Å²) in [6.45, 7) is 2.32. The average molecular weight is 379 g/mol. The highest BCUT2D eigenvalue weighted by Crippen LogP contribution is 2.65. The third-order valence-corrected chi connectivity index (χ3v) is 8.12. The van der Waals surface area contributed by atoms with Gasteiger partial charge in [0.15, 0.2) is 5.78 Å². The van der Waals surface area contributed by atoms with Gasteiger partial charge in [-0.15, -0.1) is 0 Å². The molecule has 6 atom stereocenters. The van der Waals surface area contributed by atoms with Crippen LogP contribution in [-0.4, -0.2) is 16.5 Å². The van der Waals surface area contributed by atoms with Crippen LogP contribution in [0.25, 0.3) is 0 Å². The van der Waals surface area contributed by atoms with Crippen molar-refractivity contribution in [2.24, 2.45) is 29.1 Å². The van der Waals surface area contributed by atoms with E-state index >= 15 is 0 Å². The van der Waals surface area contributed by atoms with Crippen molar-refractivity contribution in [2.75, 3.05) is 0 Å². The minimum absolute atomic E-state index is 0.0180. The first-order chi connectivity index (χ1) is 11.0. The van der Waals surface area contributed by atoms with Crippen LogP contribution >= 0.6 is 15.9 Å². The molecule has 0 amide bonds. The normalized spacial score (nSPS) is 49.5. The fourth-order valence-electron chi connectivity index (χ4n) is 6.61. The van der Waals surface area contributed by atoms with Crippen molar-refractivity contribution in [1.82, 2.24) is 0 Å². The Balaban J connectivity index is 1.64. The van der Waals surface area contributed by atoms with Gasteiger partial charge in [0.25, 0.3) is 0 Å². The number of halogens is 1. The van der Waals surface area contributed by atoms with Gasteiger partial charge in [-0.05, 0) is 85.8 Å². The summed E-state index contributed by atoms with van der Waals surface area (Å²) in [5.74, 6) is 3.11. The molecule has 0 aromatic heterocycles. The zero-order chi connectivity index (χ0) is 16.2. The lowest BCUT2D eigenvalue weighted by Gasteiger charge is -2.55. The van der Waals surface area contributed by atoms with E-state index in [0.29, 0.717) is 17.6 Å². The van der Waals surface area contributed by atoms with Gasteiger partial charge in [0, 0.05) is 11.8 Å². The quantitative estimate of drug-likeness (QED) is 0.713. The molecule has 0 heterocycles. The van der Waals surface area contributed by atoms with Gasteiger partial charge in [0.1, 0.15) is 0 Å². The smallest absolute Gasteiger partial charge is 0.155 e. The van der Waals surface area contributed by atoms with Gasteiger partial charge in [0.2, 0.25) is 0 Å². The van der Waals surface area contributed by atoms with Crippen molar-refractivity contribution < 1.29 is 9.90 Å². The summed E-state index contributed by atoms with van der Waals surface area (Å²) in [6, 6.07) is 0. The maximum atomic E-state index is 11.7. The number of carbonyl (C=O) groups is 1. The molecule has 0 spiro atoms. The van der Waals surface area contributed by atoms with Crippen molar-refractivity contribution in [1.29, 1.82) is 0 Å². The first kappa shape index (κ1) is 16.1. The van der Waals surface area contributed by atoms with Crippen LogP contribution < -0.4 is 0 Å². The summed E-state index contributed by atoms with van der Waals surface area (Å²) in [7, 11) is 0. The van der Waals surface area contributed by atoms with Crippen molar-refractivity contribution >= 4 is 21.7 Å². The van der Waals surface area contributed by atoms with Crippen LogP contribution in [0, 0.1) is 29.1 Å². The number of allylic oxidation sites excluding steroid dienone is 1. The van der Waals surface area contributed by atoms with Crippen LogP contribution in [0.5, 0.6) is 0 Å². The lowest BCUT2D eigenvalue weighted by molar-refractivity contribution is -0.116. The maximum absolute atomic E-state index is 11.7. The summed E-state index contributed by atoms with van der Waals surface area (Å²) in [6.07, 6.45) is 12.5. The molecule has 0 bridgehead atoms. The first-order valence-corrected chi connectivity index (χ1v) is 10.1. The second-order valence-electron chi connectivity index (χ2n) is 8.52. The molecule has 0 aromatic rings. The highest BCUT2D eigenvalue weighted by atomic mass is 79.9. The summed E-state index contributed by atoms with van der Waals surface area (Å²) in [5.41, 5.74) is 0.814. The molecule has 3 fully saturated rings. The molecule has 23 heavy (non-hydrogen) atoms. The Morgan fingerprint density at radius 2 is 2.00 bits per heavy atom. The number of hydrogen-bond donors (Lipinski definition) is 1. The van der Waals surface area contributed by atoms with E-state index in [1.807, 2.05) is 17.1 Å². The van der Waals surface area contributed by atoms with E-state index in [9.17, 15) is 9.90 Å². The van der Waals surface area contributed by atoms with Gasteiger partial charge in [-0.2, -0.15) is 0 Å². The largest absolute Gasteiger partial charge is 0.385 e. The van der Waals surface area contributed by atoms with E-state index in [0.717, 1.165) is 50.4 Å². The average Bonchev–Trinajstić information content (AvgIpc) is 2.79. The Morgan fingerprint density at radius 1 is 1.17 bits per heavy atom. The molecule has 4 aliphatic rings. The molecule has 4 rings (SSSR count). The molecule has 0 saturated heterocycles. The number of aliphatic hydroxyl groups is 1.